The molecule has 0 radical (unpaired) electrons. The van der Waals surface area contributed by atoms with Crippen molar-refractivity contribution in [3.05, 3.63) is 45.9 Å². The third-order valence-electron chi connectivity index (χ3n) is 3.03. The van der Waals surface area contributed by atoms with Gasteiger partial charge in [0.15, 0.2) is 0 Å². The molecule has 3 nitrogen and oxygen atoms in total. The van der Waals surface area contributed by atoms with Crippen molar-refractivity contribution in [3.63, 3.8) is 0 Å². The average Bonchev–Trinajstić information content (AvgIpc) is 2.86. The van der Waals surface area contributed by atoms with Crippen LogP contribution in [0.3, 0.4) is 0 Å². The molecule has 0 aliphatic rings. The lowest BCUT2D eigenvalue weighted by Crippen LogP contribution is -2.18. The maximum atomic E-state index is 5.76. The lowest BCUT2D eigenvalue weighted by molar-refractivity contribution is 0.321. The van der Waals surface area contributed by atoms with Crippen LogP contribution in [0.4, 0.5) is 0 Å². The quantitative estimate of drug-likeness (QED) is 0.805. The zero-order valence-electron chi connectivity index (χ0n) is 13.1. The number of ether oxygens (including phenoxy) is 1. The van der Waals surface area contributed by atoms with Crippen LogP contribution in [-0.4, -0.2) is 18.1 Å². The van der Waals surface area contributed by atoms with E-state index in [1.165, 1.54) is 10.4 Å². The Morgan fingerprint density at radius 2 is 2.19 bits per heavy atom. The summed E-state index contributed by atoms with van der Waals surface area (Å²) >= 11 is 1.77. The molecular weight excluding hydrogens is 280 g/mol. The van der Waals surface area contributed by atoms with Crippen molar-refractivity contribution < 1.29 is 4.74 Å². The summed E-state index contributed by atoms with van der Waals surface area (Å²) < 4.78 is 5.76. The summed E-state index contributed by atoms with van der Waals surface area (Å²) in [5, 5.41) is 4.58. The molecule has 0 aliphatic carbocycles. The first-order chi connectivity index (χ1) is 10.1. The fourth-order valence-corrected chi connectivity index (χ4v) is 2.86. The summed E-state index contributed by atoms with van der Waals surface area (Å²) in [4.78, 5) is 5.75. The third kappa shape index (κ3) is 5.86. The number of aromatic nitrogens is 1. The molecule has 1 aromatic heterocycles. The lowest BCUT2D eigenvalue weighted by Gasteiger charge is -2.05. The molecule has 1 aromatic carbocycles. The first-order valence-corrected chi connectivity index (χ1v) is 8.29. The molecule has 1 heterocycles. The van der Waals surface area contributed by atoms with Gasteiger partial charge in [0, 0.05) is 24.0 Å². The molecule has 21 heavy (non-hydrogen) atoms. The zero-order valence-corrected chi connectivity index (χ0v) is 13.9. The summed E-state index contributed by atoms with van der Waals surface area (Å²) in [5.41, 5.74) is 1.22. The fraction of sp³-hybridized carbons (Fsp3) is 0.471. The molecule has 0 saturated heterocycles. The number of nitrogens with one attached hydrogen (secondary N) is 1. The van der Waals surface area contributed by atoms with Crippen LogP contribution in [0.2, 0.25) is 0 Å². The standard InChI is InChI=1S/C17H24N2OS/c1-13(2)10-18-11-16-12-19-17(21-16)7-8-20-15-6-4-5-14(3)9-15/h4-6,9,12-13,18H,7-8,10-11H2,1-3H3. The van der Waals surface area contributed by atoms with Crippen LogP contribution >= 0.6 is 11.3 Å². The highest BCUT2D eigenvalue weighted by molar-refractivity contribution is 7.11. The van der Waals surface area contributed by atoms with E-state index < -0.39 is 0 Å². The molecular formula is C17H24N2OS. The lowest BCUT2D eigenvalue weighted by atomic mass is 10.2. The van der Waals surface area contributed by atoms with E-state index in [9.17, 15) is 0 Å². The highest BCUT2D eigenvalue weighted by Crippen LogP contribution is 2.16. The van der Waals surface area contributed by atoms with Crippen LogP contribution in [0.15, 0.2) is 30.5 Å². The van der Waals surface area contributed by atoms with Gasteiger partial charge in [0.1, 0.15) is 5.75 Å². The van der Waals surface area contributed by atoms with E-state index in [4.69, 9.17) is 4.74 Å². The molecule has 0 aliphatic heterocycles. The fourth-order valence-electron chi connectivity index (χ4n) is 1.99. The van der Waals surface area contributed by atoms with Gasteiger partial charge in [-0.15, -0.1) is 11.3 Å². The summed E-state index contributed by atoms with van der Waals surface area (Å²) in [5.74, 6) is 1.62. The van der Waals surface area contributed by atoms with Crippen molar-refractivity contribution >= 4 is 11.3 Å². The van der Waals surface area contributed by atoms with Crippen LogP contribution in [0, 0.1) is 12.8 Å². The van der Waals surface area contributed by atoms with Crippen molar-refractivity contribution in [1.82, 2.24) is 10.3 Å². The first kappa shape index (κ1) is 16.0. The van der Waals surface area contributed by atoms with Gasteiger partial charge in [0.25, 0.3) is 0 Å². The number of nitrogens with zero attached hydrogens (tertiary/aromatic N) is 1. The van der Waals surface area contributed by atoms with Gasteiger partial charge >= 0.3 is 0 Å². The zero-order chi connectivity index (χ0) is 15.1. The van der Waals surface area contributed by atoms with E-state index in [0.29, 0.717) is 12.5 Å². The smallest absolute Gasteiger partial charge is 0.119 e. The maximum Gasteiger partial charge on any atom is 0.119 e. The highest BCUT2D eigenvalue weighted by Gasteiger charge is 2.03. The van der Waals surface area contributed by atoms with E-state index in [1.54, 1.807) is 11.3 Å². The van der Waals surface area contributed by atoms with E-state index in [-0.39, 0.29) is 0 Å². The molecule has 0 bridgehead atoms. The topological polar surface area (TPSA) is 34.1 Å². The first-order valence-electron chi connectivity index (χ1n) is 7.47. The summed E-state index contributed by atoms with van der Waals surface area (Å²) in [6.07, 6.45) is 2.84. The Morgan fingerprint density at radius 3 is 2.95 bits per heavy atom. The molecule has 114 valence electrons. The summed E-state index contributed by atoms with van der Waals surface area (Å²) in [6, 6.07) is 8.15. The SMILES string of the molecule is Cc1cccc(OCCc2ncc(CNCC(C)C)s2)c1. The molecule has 2 rings (SSSR count). The summed E-state index contributed by atoms with van der Waals surface area (Å²) in [7, 11) is 0. The van der Waals surface area contributed by atoms with Crippen molar-refractivity contribution in [1.29, 1.82) is 0 Å². The van der Waals surface area contributed by atoms with Crippen molar-refractivity contribution in [3.8, 4) is 5.75 Å². The average molecular weight is 304 g/mol. The predicted molar refractivity (Wildman–Crippen MR) is 89.0 cm³/mol. The Kier molecular flexibility index (Phi) is 6.21. The van der Waals surface area contributed by atoms with Crippen LogP contribution in [0.5, 0.6) is 5.75 Å². The molecule has 0 atom stereocenters. The van der Waals surface area contributed by atoms with Crippen LogP contribution in [-0.2, 0) is 13.0 Å². The Hall–Kier alpha value is -1.39. The Bertz CT molecular complexity index is 551. The van der Waals surface area contributed by atoms with E-state index in [2.05, 4.69) is 43.2 Å². The van der Waals surface area contributed by atoms with Gasteiger partial charge in [-0.25, -0.2) is 4.98 Å². The maximum absolute atomic E-state index is 5.76. The molecule has 0 spiro atoms. The highest BCUT2D eigenvalue weighted by atomic mass is 32.1. The third-order valence-corrected chi connectivity index (χ3v) is 4.08. The number of hydrogen-bond acceptors (Lipinski definition) is 4. The second-order valence-electron chi connectivity index (χ2n) is 5.66. The van der Waals surface area contributed by atoms with Gasteiger partial charge in [-0.05, 0) is 37.1 Å². The molecule has 0 saturated carbocycles. The largest absolute Gasteiger partial charge is 0.493 e. The minimum atomic E-state index is 0.676. The molecule has 1 N–H and O–H groups in total. The molecule has 2 aromatic rings. The number of thiazole rings is 1. The molecule has 0 amide bonds. The minimum Gasteiger partial charge on any atom is -0.493 e. The molecule has 0 unspecified atom stereocenters. The Morgan fingerprint density at radius 1 is 1.33 bits per heavy atom. The van der Waals surface area contributed by atoms with Crippen LogP contribution < -0.4 is 10.1 Å². The van der Waals surface area contributed by atoms with E-state index in [0.717, 1.165) is 30.3 Å². The predicted octanol–water partition coefficient (Wildman–Crippen LogP) is 3.82. The molecule has 4 heteroatoms. The van der Waals surface area contributed by atoms with Crippen molar-refractivity contribution in [2.45, 2.75) is 33.7 Å². The van der Waals surface area contributed by atoms with Gasteiger partial charge in [0.05, 0.1) is 11.6 Å². The minimum absolute atomic E-state index is 0.676. The Labute approximate surface area is 131 Å². The number of hydrogen-bond donors (Lipinski definition) is 1. The second kappa shape index (κ2) is 8.15. The van der Waals surface area contributed by atoms with Crippen LogP contribution in [0.1, 0.15) is 29.3 Å². The molecule has 0 fully saturated rings. The van der Waals surface area contributed by atoms with Gasteiger partial charge in [0.2, 0.25) is 0 Å². The summed E-state index contributed by atoms with van der Waals surface area (Å²) in [6.45, 7) is 9.14. The normalized spacial score (nSPS) is 11.0. The van der Waals surface area contributed by atoms with Gasteiger partial charge < -0.3 is 10.1 Å². The van der Waals surface area contributed by atoms with E-state index in [1.807, 2.05) is 18.3 Å². The number of benzene rings is 1. The second-order valence-corrected chi connectivity index (χ2v) is 6.86. The Balaban J connectivity index is 1.72. The van der Waals surface area contributed by atoms with Crippen molar-refractivity contribution in [2.75, 3.05) is 13.2 Å². The van der Waals surface area contributed by atoms with Gasteiger partial charge in [-0.2, -0.15) is 0 Å². The van der Waals surface area contributed by atoms with Crippen LogP contribution in [0.25, 0.3) is 0 Å². The van der Waals surface area contributed by atoms with E-state index >= 15 is 0 Å². The number of aryl methyl sites for hydroxylation is 1. The monoisotopic (exact) mass is 304 g/mol. The van der Waals surface area contributed by atoms with Gasteiger partial charge in [-0.1, -0.05) is 26.0 Å². The van der Waals surface area contributed by atoms with Gasteiger partial charge in [-0.3, -0.25) is 0 Å². The number of rotatable bonds is 8. The van der Waals surface area contributed by atoms with Crippen molar-refractivity contribution in [2.24, 2.45) is 5.92 Å².